The SMILES string of the molecule is CS(=O)(=O)OCC(=CCl)c1ccccc1. The van der Waals surface area contributed by atoms with Crippen molar-refractivity contribution in [3.63, 3.8) is 0 Å². The Morgan fingerprint density at radius 3 is 2.47 bits per heavy atom. The summed E-state index contributed by atoms with van der Waals surface area (Å²) in [6.45, 7) is -0.0493. The highest BCUT2D eigenvalue weighted by Gasteiger charge is 2.06. The summed E-state index contributed by atoms with van der Waals surface area (Å²) in [5, 5.41) is 0. The van der Waals surface area contributed by atoms with E-state index in [1.807, 2.05) is 30.3 Å². The maximum atomic E-state index is 10.8. The minimum Gasteiger partial charge on any atom is -0.265 e. The molecule has 0 saturated carbocycles. The van der Waals surface area contributed by atoms with Gasteiger partial charge in [0.15, 0.2) is 0 Å². The van der Waals surface area contributed by atoms with Crippen LogP contribution in [0, 0.1) is 0 Å². The van der Waals surface area contributed by atoms with Gasteiger partial charge in [0.2, 0.25) is 0 Å². The standard InChI is InChI=1S/C10H11ClO3S/c1-15(12,13)14-8-10(7-11)9-5-3-2-4-6-9/h2-7H,8H2,1H3. The van der Waals surface area contributed by atoms with Crippen LogP contribution in [0.1, 0.15) is 5.56 Å². The van der Waals surface area contributed by atoms with E-state index in [2.05, 4.69) is 4.18 Å². The van der Waals surface area contributed by atoms with Gasteiger partial charge in [-0.3, -0.25) is 4.18 Å². The van der Waals surface area contributed by atoms with Crippen molar-refractivity contribution in [2.45, 2.75) is 0 Å². The minimum absolute atomic E-state index is 0.0493. The zero-order chi connectivity index (χ0) is 11.3. The van der Waals surface area contributed by atoms with E-state index in [4.69, 9.17) is 11.6 Å². The normalized spacial score (nSPS) is 12.8. The van der Waals surface area contributed by atoms with Crippen LogP contribution in [0.15, 0.2) is 35.9 Å². The van der Waals surface area contributed by atoms with Gasteiger partial charge in [0.25, 0.3) is 10.1 Å². The maximum Gasteiger partial charge on any atom is 0.264 e. The van der Waals surface area contributed by atoms with Crippen molar-refractivity contribution >= 4 is 27.3 Å². The second-order valence-corrected chi connectivity index (χ2v) is 4.83. The van der Waals surface area contributed by atoms with Crippen molar-refractivity contribution in [3.05, 3.63) is 41.4 Å². The van der Waals surface area contributed by atoms with Gasteiger partial charge in [0.05, 0.1) is 12.9 Å². The first-order chi connectivity index (χ1) is 7.03. The second kappa shape index (κ2) is 5.30. The predicted molar refractivity (Wildman–Crippen MR) is 61.1 cm³/mol. The minimum atomic E-state index is -3.44. The molecule has 0 N–H and O–H groups in total. The number of halogens is 1. The Balaban J connectivity index is 2.76. The lowest BCUT2D eigenvalue weighted by Gasteiger charge is -2.05. The molecule has 1 aromatic carbocycles. The van der Waals surface area contributed by atoms with Crippen LogP contribution in [0.4, 0.5) is 0 Å². The number of hydrogen-bond acceptors (Lipinski definition) is 3. The third kappa shape index (κ3) is 4.46. The van der Waals surface area contributed by atoms with Crippen molar-refractivity contribution in [3.8, 4) is 0 Å². The van der Waals surface area contributed by atoms with Crippen molar-refractivity contribution in [2.24, 2.45) is 0 Å². The van der Waals surface area contributed by atoms with Gasteiger partial charge in [0, 0.05) is 5.54 Å². The van der Waals surface area contributed by atoms with Crippen LogP contribution in [0.3, 0.4) is 0 Å². The van der Waals surface area contributed by atoms with Gasteiger partial charge in [-0.15, -0.1) is 0 Å². The summed E-state index contributed by atoms with van der Waals surface area (Å²) >= 11 is 5.59. The van der Waals surface area contributed by atoms with Gasteiger partial charge in [-0.25, -0.2) is 0 Å². The van der Waals surface area contributed by atoms with E-state index >= 15 is 0 Å². The molecule has 82 valence electrons. The van der Waals surface area contributed by atoms with Crippen molar-refractivity contribution in [1.82, 2.24) is 0 Å². The van der Waals surface area contributed by atoms with Crippen LogP contribution in [-0.2, 0) is 14.3 Å². The Hall–Kier alpha value is -0.840. The maximum absolute atomic E-state index is 10.8. The molecule has 0 atom stereocenters. The third-order valence-corrected chi connectivity index (χ3v) is 2.51. The fourth-order valence-corrected chi connectivity index (χ4v) is 1.53. The van der Waals surface area contributed by atoms with Crippen LogP contribution >= 0.6 is 11.6 Å². The summed E-state index contributed by atoms with van der Waals surface area (Å²) in [4.78, 5) is 0. The predicted octanol–water partition coefficient (Wildman–Crippen LogP) is 2.24. The highest BCUT2D eigenvalue weighted by Crippen LogP contribution is 2.15. The largest absolute Gasteiger partial charge is 0.265 e. The summed E-state index contributed by atoms with van der Waals surface area (Å²) < 4.78 is 26.2. The Morgan fingerprint density at radius 1 is 1.40 bits per heavy atom. The lowest BCUT2D eigenvalue weighted by atomic mass is 10.1. The van der Waals surface area contributed by atoms with Crippen LogP contribution in [-0.4, -0.2) is 21.3 Å². The Kier molecular flexibility index (Phi) is 4.32. The monoisotopic (exact) mass is 246 g/mol. The van der Waals surface area contributed by atoms with Gasteiger partial charge in [0.1, 0.15) is 0 Å². The Morgan fingerprint density at radius 2 is 2.00 bits per heavy atom. The molecule has 0 saturated heterocycles. The van der Waals surface area contributed by atoms with Crippen LogP contribution in [0.5, 0.6) is 0 Å². The summed E-state index contributed by atoms with van der Waals surface area (Å²) in [6.07, 6.45) is 1.00. The topological polar surface area (TPSA) is 43.4 Å². The van der Waals surface area contributed by atoms with E-state index in [1.165, 1.54) is 5.54 Å². The van der Waals surface area contributed by atoms with E-state index in [0.29, 0.717) is 5.57 Å². The number of rotatable bonds is 4. The molecule has 0 aliphatic carbocycles. The Bertz CT molecular complexity index is 437. The number of benzene rings is 1. The van der Waals surface area contributed by atoms with Crippen LogP contribution < -0.4 is 0 Å². The molecule has 0 bridgehead atoms. The van der Waals surface area contributed by atoms with E-state index in [-0.39, 0.29) is 6.61 Å². The summed E-state index contributed by atoms with van der Waals surface area (Å²) in [6, 6.07) is 9.22. The average molecular weight is 247 g/mol. The Labute approximate surface area is 94.5 Å². The van der Waals surface area contributed by atoms with Gasteiger partial charge in [-0.1, -0.05) is 41.9 Å². The second-order valence-electron chi connectivity index (χ2n) is 2.97. The average Bonchev–Trinajstić information content (AvgIpc) is 2.19. The zero-order valence-electron chi connectivity index (χ0n) is 8.18. The van der Waals surface area contributed by atoms with Crippen molar-refractivity contribution < 1.29 is 12.6 Å². The molecule has 0 fully saturated rings. The molecule has 15 heavy (non-hydrogen) atoms. The van der Waals surface area contributed by atoms with E-state index in [9.17, 15) is 8.42 Å². The summed E-state index contributed by atoms with van der Waals surface area (Å²) in [7, 11) is -3.44. The molecule has 0 spiro atoms. The van der Waals surface area contributed by atoms with E-state index in [1.54, 1.807) is 0 Å². The first-order valence-corrected chi connectivity index (χ1v) is 6.47. The summed E-state index contributed by atoms with van der Waals surface area (Å²) in [5.74, 6) is 0. The molecule has 3 nitrogen and oxygen atoms in total. The van der Waals surface area contributed by atoms with E-state index < -0.39 is 10.1 Å². The molecule has 0 radical (unpaired) electrons. The van der Waals surface area contributed by atoms with Crippen molar-refractivity contribution in [1.29, 1.82) is 0 Å². The highest BCUT2D eigenvalue weighted by atomic mass is 35.5. The molecule has 0 aliphatic heterocycles. The fourth-order valence-electron chi connectivity index (χ4n) is 1.00. The zero-order valence-corrected chi connectivity index (χ0v) is 9.75. The molecule has 0 aromatic heterocycles. The molecule has 0 unspecified atom stereocenters. The van der Waals surface area contributed by atoms with E-state index in [0.717, 1.165) is 11.8 Å². The molecule has 0 aliphatic rings. The van der Waals surface area contributed by atoms with Gasteiger partial charge < -0.3 is 0 Å². The van der Waals surface area contributed by atoms with Gasteiger partial charge in [-0.05, 0) is 11.1 Å². The highest BCUT2D eigenvalue weighted by molar-refractivity contribution is 7.86. The summed E-state index contributed by atoms with van der Waals surface area (Å²) in [5.41, 5.74) is 2.79. The first-order valence-electron chi connectivity index (χ1n) is 4.22. The molecule has 0 heterocycles. The van der Waals surface area contributed by atoms with Crippen LogP contribution in [0.25, 0.3) is 5.57 Å². The van der Waals surface area contributed by atoms with Gasteiger partial charge >= 0.3 is 0 Å². The molecular weight excluding hydrogens is 236 g/mol. The quantitative estimate of drug-likeness (QED) is 0.766. The molecule has 5 heteroatoms. The molecule has 1 rings (SSSR count). The number of hydrogen-bond donors (Lipinski definition) is 0. The third-order valence-electron chi connectivity index (χ3n) is 1.70. The molecular formula is C10H11ClO3S. The fraction of sp³-hybridized carbons (Fsp3) is 0.200. The molecule has 1 aromatic rings. The van der Waals surface area contributed by atoms with Gasteiger partial charge in [-0.2, -0.15) is 8.42 Å². The molecule has 0 amide bonds. The lowest BCUT2D eigenvalue weighted by Crippen LogP contribution is -2.05. The lowest BCUT2D eigenvalue weighted by molar-refractivity contribution is 0.367. The first kappa shape index (κ1) is 12.2. The van der Waals surface area contributed by atoms with Crippen LogP contribution in [0.2, 0.25) is 0 Å². The van der Waals surface area contributed by atoms with Crippen molar-refractivity contribution in [2.75, 3.05) is 12.9 Å². The smallest absolute Gasteiger partial charge is 0.264 e.